The van der Waals surface area contributed by atoms with E-state index in [9.17, 15) is 4.79 Å². The Labute approximate surface area is 158 Å². The Hall–Kier alpha value is -2.15. The van der Waals surface area contributed by atoms with Gasteiger partial charge in [-0.05, 0) is 35.8 Å². The summed E-state index contributed by atoms with van der Waals surface area (Å²) in [5, 5.41) is 0. The third kappa shape index (κ3) is 2.47. The van der Waals surface area contributed by atoms with Crippen molar-refractivity contribution in [2.75, 3.05) is 21.0 Å². The monoisotopic (exact) mass is 372 g/mol. The van der Waals surface area contributed by atoms with Crippen molar-refractivity contribution < 1.29 is 28.5 Å². The molecule has 0 aromatic heterocycles. The Bertz CT molecular complexity index is 815. The van der Waals surface area contributed by atoms with Crippen LogP contribution in [0.2, 0.25) is 0 Å². The van der Waals surface area contributed by atoms with E-state index < -0.39 is 11.4 Å². The van der Waals surface area contributed by atoms with Crippen LogP contribution in [0.25, 0.3) is 0 Å². The van der Waals surface area contributed by atoms with Gasteiger partial charge in [-0.1, -0.05) is 19.1 Å². The van der Waals surface area contributed by atoms with Crippen LogP contribution in [0.3, 0.4) is 0 Å². The van der Waals surface area contributed by atoms with Crippen LogP contribution in [0.4, 0.5) is 0 Å². The minimum absolute atomic E-state index is 0.0111. The van der Waals surface area contributed by atoms with Gasteiger partial charge in [0, 0.05) is 20.1 Å². The maximum absolute atomic E-state index is 12.7. The zero-order valence-electron chi connectivity index (χ0n) is 15.8. The van der Waals surface area contributed by atoms with Crippen molar-refractivity contribution in [1.29, 1.82) is 0 Å². The maximum atomic E-state index is 12.7. The van der Waals surface area contributed by atoms with Gasteiger partial charge >= 0.3 is 0 Å². The first-order valence-electron chi connectivity index (χ1n) is 9.03. The minimum Gasteiger partial charge on any atom is -0.454 e. The molecule has 0 radical (unpaired) electrons. The number of carbonyl (C=O) groups excluding carboxylic acids is 1. The molecule has 4 atom stereocenters. The lowest BCUT2D eigenvalue weighted by Gasteiger charge is -2.44. The predicted octanol–water partition coefficient (Wildman–Crippen LogP) is 3.33. The zero-order chi connectivity index (χ0) is 19.2. The van der Waals surface area contributed by atoms with Crippen molar-refractivity contribution in [3.63, 3.8) is 0 Å². The fourth-order valence-corrected chi connectivity index (χ4v) is 4.51. The van der Waals surface area contributed by atoms with E-state index in [1.807, 2.05) is 24.3 Å². The molecule has 4 rings (SSSR count). The molecule has 0 amide bonds. The van der Waals surface area contributed by atoms with Crippen molar-refractivity contribution in [3.8, 4) is 11.5 Å². The smallest absolute Gasteiger partial charge is 0.231 e. The van der Waals surface area contributed by atoms with Crippen LogP contribution in [0, 0.1) is 5.92 Å². The second-order valence-corrected chi connectivity index (χ2v) is 7.16. The summed E-state index contributed by atoms with van der Waals surface area (Å²) in [6, 6.07) is 5.75. The van der Waals surface area contributed by atoms with E-state index in [0.29, 0.717) is 23.5 Å². The number of carbonyl (C=O) groups is 1. The number of hydrogen-bond acceptors (Lipinski definition) is 6. The Morgan fingerprint density at radius 3 is 2.74 bits per heavy atom. The molecular formula is C21H24O6. The molecule has 0 N–H and O–H groups in total. The number of rotatable bonds is 5. The molecule has 0 bridgehead atoms. The lowest BCUT2D eigenvalue weighted by molar-refractivity contribution is -0.274. The van der Waals surface area contributed by atoms with Gasteiger partial charge in [-0.25, -0.2) is 0 Å². The van der Waals surface area contributed by atoms with E-state index >= 15 is 0 Å². The molecule has 27 heavy (non-hydrogen) atoms. The van der Waals surface area contributed by atoms with E-state index in [1.165, 1.54) is 0 Å². The normalized spacial score (nSPS) is 34.3. The van der Waals surface area contributed by atoms with E-state index in [1.54, 1.807) is 20.3 Å². The second kappa shape index (κ2) is 6.48. The molecule has 0 spiro atoms. The maximum Gasteiger partial charge on any atom is 0.231 e. The first-order valence-corrected chi connectivity index (χ1v) is 9.03. The second-order valence-electron chi connectivity index (χ2n) is 7.16. The van der Waals surface area contributed by atoms with Crippen LogP contribution in [0.15, 0.2) is 42.5 Å². The first kappa shape index (κ1) is 18.2. The van der Waals surface area contributed by atoms with Crippen molar-refractivity contribution in [2.45, 2.75) is 37.3 Å². The van der Waals surface area contributed by atoms with Gasteiger partial charge in [0.25, 0.3) is 0 Å². The van der Waals surface area contributed by atoms with Gasteiger partial charge in [0.05, 0.1) is 12.5 Å². The Morgan fingerprint density at radius 1 is 1.26 bits per heavy atom. The summed E-state index contributed by atoms with van der Waals surface area (Å²) in [5.41, 5.74) is 0.733. The Balaban J connectivity index is 1.79. The van der Waals surface area contributed by atoms with E-state index in [2.05, 4.69) is 13.5 Å². The first-order chi connectivity index (χ1) is 13.0. The standard InChI is InChI=1S/C21H24O6/c1-5-6-15-10-20(23-3)13(2)19(27-21(20,24-4)11-16(15)22)14-7-8-17-18(9-14)26-12-25-17/h5,7-10,13,19H,1,6,11-12H2,2-4H3/t13-,19+,20-,21-/m1/s1. The van der Waals surface area contributed by atoms with Gasteiger partial charge in [0.2, 0.25) is 12.6 Å². The summed E-state index contributed by atoms with van der Waals surface area (Å²) in [5.74, 6) is 0.117. The topological polar surface area (TPSA) is 63.2 Å². The molecule has 1 aromatic rings. The van der Waals surface area contributed by atoms with Crippen LogP contribution in [0.1, 0.15) is 31.4 Å². The highest BCUT2D eigenvalue weighted by Crippen LogP contribution is 2.58. The summed E-state index contributed by atoms with van der Waals surface area (Å²) in [6.07, 6.45) is 3.87. The van der Waals surface area contributed by atoms with Gasteiger partial charge < -0.3 is 23.7 Å². The number of ether oxygens (including phenoxy) is 5. The number of ketones is 1. The number of methoxy groups -OCH3 is 2. The molecule has 1 aliphatic carbocycles. The third-order valence-corrected chi connectivity index (χ3v) is 5.94. The molecule has 1 aromatic carbocycles. The average molecular weight is 372 g/mol. The minimum atomic E-state index is -1.18. The van der Waals surface area contributed by atoms with Crippen LogP contribution in [-0.2, 0) is 19.0 Å². The Kier molecular flexibility index (Phi) is 4.37. The van der Waals surface area contributed by atoms with Crippen LogP contribution >= 0.6 is 0 Å². The van der Waals surface area contributed by atoms with Gasteiger partial charge in [-0.2, -0.15) is 0 Å². The molecule has 6 heteroatoms. The van der Waals surface area contributed by atoms with Crippen molar-refractivity contribution >= 4 is 5.78 Å². The highest BCUT2D eigenvalue weighted by molar-refractivity contribution is 5.97. The molecular weight excluding hydrogens is 348 g/mol. The fourth-order valence-electron chi connectivity index (χ4n) is 4.51. The highest BCUT2D eigenvalue weighted by Gasteiger charge is 2.67. The quantitative estimate of drug-likeness (QED) is 0.739. The van der Waals surface area contributed by atoms with Crippen molar-refractivity contribution in [3.05, 3.63) is 48.1 Å². The lowest BCUT2D eigenvalue weighted by Crippen LogP contribution is -2.58. The van der Waals surface area contributed by atoms with Crippen LogP contribution < -0.4 is 9.47 Å². The molecule has 0 saturated carbocycles. The van der Waals surface area contributed by atoms with E-state index in [4.69, 9.17) is 23.7 Å². The zero-order valence-corrected chi connectivity index (χ0v) is 15.8. The Morgan fingerprint density at radius 2 is 2.04 bits per heavy atom. The van der Waals surface area contributed by atoms with Crippen molar-refractivity contribution in [2.24, 2.45) is 5.92 Å². The molecule has 1 saturated heterocycles. The molecule has 2 heterocycles. The summed E-state index contributed by atoms with van der Waals surface area (Å²) in [4.78, 5) is 12.7. The van der Waals surface area contributed by atoms with Crippen molar-refractivity contribution in [1.82, 2.24) is 0 Å². The number of fused-ring (bicyclic) bond motifs is 2. The highest BCUT2D eigenvalue weighted by atomic mass is 16.7. The summed E-state index contributed by atoms with van der Waals surface area (Å²) in [6.45, 7) is 6.02. The number of Topliss-reactive ketones (excluding diaryl/α,β-unsaturated/α-hetero) is 1. The van der Waals surface area contributed by atoms with Crippen LogP contribution in [0.5, 0.6) is 11.5 Å². The fraction of sp³-hybridized carbons (Fsp3) is 0.476. The summed E-state index contributed by atoms with van der Waals surface area (Å²) < 4.78 is 29.1. The molecule has 3 aliphatic rings. The number of benzene rings is 1. The SMILES string of the molecule is C=CCC1=C[C@@]2(OC)[C@H](C)[C@@H](c3ccc4c(c3)OCO4)O[C@]2(OC)CC1=O. The summed E-state index contributed by atoms with van der Waals surface area (Å²) >= 11 is 0. The van der Waals surface area contributed by atoms with Gasteiger partial charge in [0.15, 0.2) is 17.3 Å². The number of allylic oxidation sites excluding steroid dienone is 2. The van der Waals surface area contributed by atoms with E-state index in [0.717, 1.165) is 5.56 Å². The summed E-state index contributed by atoms with van der Waals surface area (Å²) in [7, 11) is 3.19. The largest absolute Gasteiger partial charge is 0.454 e. The molecule has 1 fully saturated rings. The van der Waals surface area contributed by atoms with Crippen LogP contribution in [-0.4, -0.2) is 38.2 Å². The average Bonchev–Trinajstić information content (AvgIpc) is 3.24. The lowest BCUT2D eigenvalue weighted by atomic mass is 9.72. The molecule has 2 aliphatic heterocycles. The molecule has 6 nitrogen and oxygen atoms in total. The van der Waals surface area contributed by atoms with Gasteiger partial charge in [-0.15, -0.1) is 6.58 Å². The molecule has 144 valence electrons. The van der Waals surface area contributed by atoms with Gasteiger partial charge in [-0.3, -0.25) is 4.79 Å². The number of hydrogen-bond donors (Lipinski definition) is 0. The van der Waals surface area contributed by atoms with Gasteiger partial charge in [0.1, 0.15) is 5.60 Å². The van der Waals surface area contributed by atoms with E-state index in [-0.39, 0.29) is 31.0 Å². The third-order valence-electron chi connectivity index (χ3n) is 5.94. The predicted molar refractivity (Wildman–Crippen MR) is 97.6 cm³/mol. The molecule has 0 unspecified atom stereocenters.